The van der Waals surface area contributed by atoms with Crippen molar-refractivity contribution in [3.63, 3.8) is 0 Å². The molecule has 0 bridgehead atoms. The topological polar surface area (TPSA) is 45.5 Å². The molecule has 1 saturated heterocycles. The third kappa shape index (κ3) is 4.14. The number of hydrogen-bond acceptors (Lipinski definition) is 4. The van der Waals surface area contributed by atoms with Gasteiger partial charge < -0.3 is 9.73 Å². The molecule has 0 radical (unpaired) electrons. The molecule has 2 aromatic heterocycles. The highest BCUT2D eigenvalue weighted by atomic mass is 32.1. The number of carbonyl (C=O) groups is 1. The third-order valence-electron chi connectivity index (χ3n) is 5.62. The summed E-state index contributed by atoms with van der Waals surface area (Å²) in [4.78, 5) is 16.3. The summed E-state index contributed by atoms with van der Waals surface area (Å²) in [5, 5.41) is 3.89. The molecule has 0 spiro atoms. The molecule has 3 heterocycles. The van der Waals surface area contributed by atoms with Crippen LogP contribution in [0.4, 0.5) is 9.39 Å². The Balaban J connectivity index is 1.77. The van der Waals surface area contributed by atoms with E-state index < -0.39 is 0 Å². The summed E-state index contributed by atoms with van der Waals surface area (Å²) in [5.74, 6) is -0.208. The third-order valence-corrected chi connectivity index (χ3v) is 6.76. The normalized spacial score (nSPS) is 16.0. The zero-order chi connectivity index (χ0) is 20.4. The highest BCUT2D eigenvalue weighted by molar-refractivity contribution is 7.16. The number of furan rings is 1. The Morgan fingerprint density at radius 3 is 2.52 bits per heavy atom. The number of piperidine rings is 1. The number of rotatable bonds is 5. The molecular weight excluding hydrogens is 387 g/mol. The summed E-state index contributed by atoms with van der Waals surface area (Å²) < 4.78 is 18.9. The lowest BCUT2D eigenvalue weighted by Crippen LogP contribution is -2.35. The Morgan fingerprint density at radius 1 is 1.14 bits per heavy atom. The molecule has 29 heavy (non-hydrogen) atoms. The zero-order valence-corrected chi connectivity index (χ0v) is 17.5. The van der Waals surface area contributed by atoms with Crippen molar-refractivity contribution in [1.29, 1.82) is 0 Å². The Bertz CT molecular complexity index is 973. The average Bonchev–Trinajstić information content (AvgIpc) is 3.35. The van der Waals surface area contributed by atoms with Crippen LogP contribution in [0.3, 0.4) is 0 Å². The predicted molar refractivity (Wildman–Crippen MR) is 114 cm³/mol. The molecule has 152 valence electrons. The van der Waals surface area contributed by atoms with Gasteiger partial charge in [0.15, 0.2) is 5.76 Å². The molecule has 1 aliphatic heterocycles. The van der Waals surface area contributed by atoms with E-state index in [4.69, 9.17) is 4.42 Å². The van der Waals surface area contributed by atoms with Crippen molar-refractivity contribution in [2.24, 2.45) is 0 Å². The standard InChI is InChI=1S/C23H25FN2O2S/c1-15-16(2)29-23(25-22(27)19-7-6-14-28-19)20(15)21(26-12-4-3-5-13-26)17-8-10-18(24)11-9-17/h6-11,14,21H,3-5,12-13H2,1-2H3,(H,25,27). The van der Waals surface area contributed by atoms with Crippen molar-refractivity contribution in [2.45, 2.75) is 39.2 Å². The van der Waals surface area contributed by atoms with Gasteiger partial charge in [-0.25, -0.2) is 4.39 Å². The molecule has 1 amide bonds. The van der Waals surface area contributed by atoms with E-state index in [-0.39, 0.29) is 23.5 Å². The lowest BCUT2D eigenvalue weighted by atomic mass is 9.93. The van der Waals surface area contributed by atoms with Crippen molar-refractivity contribution in [3.8, 4) is 0 Å². The first-order valence-electron chi connectivity index (χ1n) is 9.99. The van der Waals surface area contributed by atoms with Gasteiger partial charge in [-0.1, -0.05) is 18.6 Å². The second-order valence-corrected chi connectivity index (χ2v) is 8.73. The van der Waals surface area contributed by atoms with Crippen molar-refractivity contribution >= 4 is 22.2 Å². The maximum atomic E-state index is 13.6. The van der Waals surface area contributed by atoms with Crippen LogP contribution in [0.25, 0.3) is 0 Å². The maximum absolute atomic E-state index is 13.6. The van der Waals surface area contributed by atoms with Gasteiger partial charge in [-0.15, -0.1) is 11.3 Å². The fraction of sp³-hybridized carbons (Fsp3) is 0.348. The maximum Gasteiger partial charge on any atom is 0.291 e. The molecular formula is C23H25FN2O2S. The van der Waals surface area contributed by atoms with Crippen molar-refractivity contribution in [3.05, 3.63) is 75.8 Å². The highest BCUT2D eigenvalue weighted by Crippen LogP contribution is 2.43. The van der Waals surface area contributed by atoms with Crippen molar-refractivity contribution in [1.82, 2.24) is 4.90 Å². The minimum atomic E-state index is -0.256. The van der Waals surface area contributed by atoms with Gasteiger partial charge in [0.1, 0.15) is 10.8 Å². The number of anilines is 1. The largest absolute Gasteiger partial charge is 0.459 e. The molecule has 0 aliphatic carbocycles. The molecule has 1 atom stereocenters. The Kier molecular flexibility index (Phi) is 5.83. The van der Waals surface area contributed by atoms with Gasteiger partial charge in [0.2, 0.25) is 0 Å². The van der Waals surface area contributed by atoms with Crippen LogP contribution in [-0.4, -0.2) is 23.9 Å². The van der Waals surface area contributed by atoms with E-state index in [0.717, 1.165) is 42.1 Å². The fourth-order valence-electron chi connectivity index (χ4n) is 4.02. The number of amides is 1. The van der Waals surface area contributed by atoms with E-state index in [1.165, 1.54) is 35.3 Å². The summed E-state index contributed by atoms with van der Waals surface area (Å²) in [5.41, 5.74) is 3.31. The van der Waals surface area contributed by atoms with E-state index in [0.29, 0.717) is 0 Å². The van der Waals surface area contributed by atoms with Crippen LogP contribution >= 0.6 is 11.3 Å². The SMILES string of the molecule is Cc1sc(NC(=O)c2ccco2)c(C(c2ccc(F)cc2)N2CCCCC2)c1C. The van der Waals surface area contributed by atoms with Crippen LogP contribution in [0.1, 0.15) is 57.4 Å². The summed E-state index contributed by atoms with van der Waals surface area (Å²) in [7, 11) is 0. The molecule has 6 heteroatoms. The van der Waals surface area contributed by atoms with E-state index in [9.17, 15) is 9.18 Å². The number of carbonyl (C=O) groups excluding carboxylic acids is 1. The summed E-state index contributed by atoms with van der Waals surface area (Å²) in [6.07, 6.45) is 5.02. The average molecular weight is 413 g/mol. The van der Waals surface area contributed by atoms with Crippen molar-refractivity contribution in [2.75, 3.05) is 18.4 Å². The number of nitrogens with one attached hydrogen (secondary N) is 1. The summed E-state index contributed by atoms with van der Waals surface area (Å²) in [6.45, 7) is 6.15. The van der Waals surface area contributed by atoms with E-state index >= 15 is 0 Å². The number of thiophene rings is 1. The van der Waals surface area contributed by atoms with E-state index in [1.54, 1.807) is 23.5 Å². The smallest absolute Gasteiger partial charge is 0.291 e. The first kappa shape index (κ1) is 19.9. The van der Waals surface area contributed by atoms with Crippen molar-refractivity contribution < 1.29 is 13.6 Å². The molecule has 1 unspecified atom stereocenters. The molecule has 1 N–H and O–H groups in total. The highest BCUT2D eigenvalue weighted by Gasteiger charge is 2.30. The van der Waals surface area contributed by atoms with Crippen LogP contribution in [0, 0.1) is 19.7 Å². The Morgan fingerprint density at radius 2 is 1.86 bits per heavy atom. The summed E-state index contributed by atoms with van der Waals surface area (Å²) in [6, 6.07) is 10.1. The number of nitrogens with zero attached hydrogens (tertiary/aromatic N) is 1. The van der Waals surface area contributed by atoms with Crippen LogP contribution in [0.5, 0.6) is 0 Å². The second kappa shape index (κ2) is 8.51. The first-order valence-corrected chi connectivity index (χ1v) is 10.8. The van der Waals surface area contributed by atoms with Gasteiger partial charge in [-0.2, -0.15) is 0 Å². The van der Waals surface area contributed by atoms with Crippen LogP contribution in [0.15, 0.2) is 47.1 Å². The van der Waals surface area contributed by atoms with Gasteiger partial charge in [0, 0.05) is 10.4 Å². The second-order valence-electron chi connectivity index (χ2n) is 7.51. The minimum absolute atomic E-state index is 0.0206. The monoisotopic (exact) mass is 412 g/mol. The fourth-order valence-corrected chi connectivity index (χ4v) is 5.11. The lowest BCUT2D eigenvalue weighted by molar-refractivity contribution is 0.0996. The molecule has 4 nitrogen and oxygen atoms in total. The number of halogens is 1. The number of hydrogen-bond donors (Lipinski definition) is 1. The van der Waals surface area contributed by atoms with Gasteiger partial charge >= 0.3 is 0 Å². The minimum Gasteiger partial charge on any atom is -0.459 e. The molecule has 4 rings (SSSR count). The number of benzene rings is 1. The van der Waals surface area contributed by atoms with Crippen LogP contribution in [0.2, 0.25) is 0 Å². The number of aryl methyl sites for hydroxylation is 1. The van der Waals surface area contributed by atoms with E-state index in [1.807, 2.05) is 12.1 Å². The summed E-state index contributed by atoms with van der Waals surface area (Å²) >= 11 is 1.58. The molecule has 3 aromatic rings. The van der Waals surface area contributed by atoms with Gasteiger partial charge in [0.25, 0.3) is 5.91 Å². The Labute approximate surface area is 174 Å². The first-order chi connectivity index (χ1) is 14.0. The molecule has 1 fully saturated rings. The number of likely N-dealkylation sites (tertiary alicyclic amines) is 1. The molecule has 1 aliphatic rings. The van der Waals surface area contributed by atoms with Crippen LogP contribution < -0.4 is 5.32 Å². The molecule has 0 saturated carbocycles. The lowest BCUT2D eigenvalue weighted by Gasteiger charge is -2.36. The van der Waals surface area contributed by atoms with E-state index in [2.05, 4.69) is 24.1 Å². The van der Waals surface area contributed by atoms with Crippen LogP contribution in [-0.2, 0) is 0 Å². The van der Waals surface area contributed by atoms with Gasteiger partial charge in [-0.3, -0.25) is 9.69 Å². The molecule has 1 aromatic carbocycles. The van der Waals surface area contributed by atoms with Gasteiger partial charge in [-0.05, 0) is 75.2 Å². The zero-order valence-electron chi connectivity index (χ0n) is 16.7. The quantitative estimate of drug-likeness (QED) is 0.565. The Hall–Kier alpha value is -2.44. The van der Waals surface area contributed by atoms with Gasteiger partial charge in [0.05, 0.1) is 12.3 Å². The predicted octanol–water partition coefficient (Wildman–Crippen LogP) is 5.92.